The molecule has 0 aromatic heterocycles. The van der Waals surface area contributed by atoms with Crippen LogP contribution in [0, 0.1) is 11.3 Å². The Hall–Kier alpha value is -6.66. The van der Waals surface area contributed by atoms with Crippen LogP contribution in [0.25, 0.3) is 0 Å². The van der Waals surface area contributed by atoms with Gasteiger partial charge in [0, 0.05) is 30.3 Å². The van der Waals surface area contributed by atoms with Crippen LogP contribution in [0.15, 0.2) is 72.8 Å². The molecule has 9 N–H and O–H groups in total. The van der Waals surface area contributed by atoms with Crippen molar-refractivity contribution in [3.05, 3.63) is 106 Å². The lowest BCUT2D eigenvalue weighted by molar-refractivity contribution is -0.144. The van der Waals surface area contributed by atoms with Crippen molar-refractivity contribution in [3.8, 4) is 0 Å². The molecule has 1 saturated heterocycles. The van der Waals surface area contributed by atoms with Gasteiger partial charge < -0.3 is 52.8 Å². The molecule has 0 spiro atoms. The van der Waals surface area contributed by atoms with Crippen molar-refractivity contribution >= 4 is 47.3 Å². The Bertz CT molecular complexity index is 2530. The van der Waals surface area contributed by atoms with Gasteiger partial charge in [0.2, 0.25) is 35.4 Å². The zero-order valence-electron chi connectivity index (χ0n) is 44.5. The van der Waals surface area contributed by atoms with Crippen molar-refractivity contribution in [1.29, 1.82) is 0 Å². The molecule has 6 rings (SSSR count). The molecule has 9 atom stereocenters. The van der Waals surface area contributed by atoms with Crippen LogP contribution in [0.1, 0.15) is 142 Å². The number of benzene rings is 3. The van der Waals surface area contributed by atoms with Gasteiger partial charge in [-0.3, -0.25) is 38.4 Å². The number of amides is 8. The third kappa shape index (κ3) is 14.3. The van der Waals surface area contributed by atoms with E-state index in [9.17, 15) is 38.4 Å². The molecule has 0 unspecified atom stereocenters. The first kappa shape index (κ1) is 56.6. The molecule has 8 amide bonds. The maximum atomic E-state index is 14.6. The largest absolute Gasteiger partial charge is 0.352 e. The maximum absolute atomic E-state index is 14.6. The number of nitrogens with one attached hydrogen (secondary N) is 9. The molecule has 400 valence electrons. The molecular formula is C56H78N10O8. The zero-order chi connectivity index (χ0) is 53.9. The standard InChI is InChI=1S/C56H78N10O8/c1-32(2)46(64-48(67)33(3)57-8)54(73)63-44(52(71)61-42-25-15-19-35-17-10-12-23-40(35)42)27-28-59-50(69)37-21-14-22-38(29-37)51(70)60-39-30-45(53(72)62-43-26-16-20-36-18-11-13-24-41(36)43)66(31-39)55(74)47(56(5,6)7)65-49(68)34(4)58-9/h10-14,17-18,21-24,29,32-34,39,42-47,57-58H,15-16,19-20,25-28,30-31H2,1-9H3,(H,59,69)(H,60,70)(H,61,71)(H,62,72)(H,63,73)(H,64,67)(H,65,68)/t33-,34-,39-,42+,43+,44-,45-,46-,47+/m0/s1. The van der Waals surface area contributed by atoms with Gasteiger partial charge in [-0.05, 0) is 131 Å². The molecule has 18 nitrogen and oxygen atoms in total. The smallest absolute Gasteiger partial charge is 0.251 e. The third-order valence-electron chi connectivity index (χ3n) is 14.6. The number of carbonyl (C=O) groups is 8. The normalized spacial score (nSPS) is 20.3. The van der Waals surface area contributed by atoms with Crippen molar-refractivity contribution < 1.29 is 38.4 Å². The highest BCUT2D eigenvalue weighted by molar-refractivity contribution is 6.00. The lowest BCUT2D eigenvalue weighted by Gasteiger charge is -2.36. The maximum Gasteiger partial charge on any atom is 0.251 e. The summed E-state index contributed by atoms with van der Waals surface area (Å²) in [7, 11) is 3.29. The van der Waals surface area contributed by atoms with Crippen molar-refractivity contribution in [3.63, 3.8) is 0 Å². The van der Waals surface area contributed by atoms with Crippen LogP contribution in [0.5, 0.6) is 0 Å². The highest BCUT2D eigenvalue weighted by Gasteiger charge is 2.46. The lowest BCUT2D eigenvalue weighted by Crippen LogP contribution is -2.59. The van der Waals surface area contributed by atoms with Crippen molar-refractivity contribution in [2.45, 2.75) is 154 Å². The van der Waals surface area contributed by atoms with Crippen molar-refractivity contribution in [1.82, 2.24) is 52.8 Å². The summed E-state index contributed by atoms with van der Waals surface area (Å²) in [6.45, 7) is 12.5. The van der Waals surface area contributed by atoms with E-state index in [1.165, 1.54) is 11.0 Å². The fourth-order valence-corrected chi connectivity index (χ4v) is 9.97. The van der Waals surface area contributed by atoms with E-state index in [1.807, 2.05) is 63.2 Å². The molecule has 0 saturated carbocycles. The van der Waals surface area contributed by atoms with E-state index in [0.717, 1.165) is 54.4 Å². The fraction of sp³-hybridized carbons (Fsp3) is 0.536. The Kier molecular flexibility index (Phi) is 19.5. The number of hydrogen-bond acceptors (Lipinski definition) is 10. The van der Waals surface area contributed by atoms with Crippen LogP contribution < -0.4 is 47.9 Å². The topological polar surface area (TPSA) is 248 Å². The van der Waals surface area contributed by atoms with E-state index < -0.39 is 77.2 Å². The number of carbonyl (C=O) groups excluding carboxylic acids is 8. The van der Waals surface area contributed by atoms with Gasteiger partial charge in [0.1, 0.15) is 24.2 Å². The Morgan fingerprint density at radius 3 is 1.76 bits per heavy atom. The fourth-order valence-electron chi connectivity index (χ4n) is 9.97. The molecule has 1 fully saturated rings. The summed E-state index contributed by atoms with van der Waals surface area (Å²) < 4.78 is 0. The van der Waals surface area contributed by atoms with E-state index in [4.69, 9.17) is 0 Å². The Morgan fingerprint density at radius 1 is 0.635 bits per heavy atom. The predicted octanol–water partition coefficient (Wildman–Crippen LogP) is 3.27. The van der Waals surface area contributed by atoms with Crippen molar-refractivity contribution in [2.75, 3.05) is 27.2 Å². The number of rotatable bonds is 20. The van der Waals surface area contributed by atoms with E-state index in [1.54, 1.807) is 60.0 Å². The van der Waals surface area contributed by atoms with Crippen LogP contribution in [-0.2, 0) is 41.6 Å². The average Bonchev–Trinajstić information content (AvgIpc) is 3.81. The second kappa shape index (κ2) is 25.5. The summed E-state index contributed by atoms with van der Waals surface area (Å²) in [5.74, 6) is -3.88. The van der Waals surface area contributed by atoms with E-state index in [0.29, 0.717) is 6.42 Å². The summed E-state index contributed by atoms with van der Waals surface area (Å²) in [6, 6.07) is 15.7. The van der Waals surface area contributed by atoms with Gasteiger partial charge in [-0.15, -0.1) is 0 Å². The average molecular weight is 1020 g/mol. The first-order valence-electron chi connectivity index (χ1n) is 26.2. The van der Waals surface area contributed by atoms with Gasteiger partial charge in [-0.2, -0.15) is 0 Å². The molecule has 0 radical (unpaired) electrons. The number of likely N-dealkylation sites (N-methyl/N-ethyl adjacent to an activating group) is 2. The number of likely N-dealkylation sites (tertiary alicyclic amines) is 1. The van der Waals surface area contributed by atoms with Crippen LogP contribution >= 0.6 is 0 Å². The second-order valence-electron chi connectivity index (χ2n) is 21.5. The van der Waals surface area contributed by atoms with Gasteiger partial charge in [0.15, 0.2) is 0 Å². The molecule has 2 aliphatic carbocycles. The zero-order valence-corrected chi connectivity index (χ0v) is 44.5. The minimum atomic E-state index is -1.08. The van der Waals surface area contributed by atoms with Gasteiger partial charge in [0.25, 0.3) is 11.8 Å². The first-order chi connectivity index (χ1) is 35.2. The molecule has 1 aliphatic heterocycles. The lowest BCUT2D eigenvalue weighted by atomic mass is 9.85. The summed E-state index contributed by atoms with van der Waals surface area (Å²) in [5.41, 5.74) is 3.94. The van der Waals surface area contributed by atoms with Crippen LogP contribution in [-0.4, -0.2) is 122 Å². The van der Waals surface area contributed by atoms with Gasteiger partial charge in [-0.1, -0.05) is 89.2 Å². The van der Waals surface area contributed by atoms with E-state index in [2.05, 4.69) is 53.9 Å². The number of aryl methyl sites for hydroxylation is 2. The van der Waals surface area contributed by atoms with Crippen LogP contribution in [0.3, 0.4) is 0 Å². The number of hydrogen-bond donors (Lipinski definition) is 9. The molecule has 3 aliphatic rings. The molecule has 18 heteroatoms. The minimum Gasteiger partial charge on any atom is -0.352 e. The number of fused-ring (bicyclic) bond motifs is 2. The SMILES string of the molecule is CN[C@@H](C)C(=O)N[C@H](C(=O)N[C@@H](CCNC(=O)c1cccc(C(=O)N[C@H]2C[C@@H](C(=O)N[C@@H]3CCCc4ccccc43)N(C(=O)[C@@H](NC(=O)[C@H](C)NC)C(C)(C)C)C2)c1)C(=O)N[C@@H]1CCCc2ccccc21)C(C)C. The molecule has 3 aromatic rings. The van der Waals surface area contributed by atoms with E-state index >= 15 is 0 Å². The Morgan fingerprint density at radius 2 is 1.19 bits per heavy atom. The van der Waals surface area contributed by atoms with Gasteiger partial charge in [-0.25, -0.2) is 0 Å². The third-order valence-corrected chi connectivity index (χ3v) is 14.6. The molecular weight excluding hydrogens is 941 g/mol. The second-order valence-corrected chi connectivity index (χ2v) is 21.5. The first-order valence-corrected chi connectivity index (χ1v) is 26.2. The van der Waals surface area contributed by atoms with Crippen molar-refractivity contribution in [2.24, 2.45) is 11.3 Å². The summed E-state index contributed by atoms with van der Waals surface area (Å²) in [4.78, 5) is 112. The monoisotopic (exact) mass is 1020 g/mol. The molecule has 0 bridgehead atoms. The summed E-state index contributed by atoms with van der Waals surface area (Å²) in [5, 5.41) is 26.5. The van der Waals surface area contributed by atoms with Gasteiger partial charge in [0.05, 0.1) is 24.2 Å². The molecule has 1 heterocycles. The van der Waals surface area contributed by atoms with Crippen LogP contribution in [0.4, 0.5) is 0 Å². The summed E-state index contributed by atoms with van der Waals surface area (Å²) >= 11 is 0. The van der Waals surface area contributed by atoms with E-state index in [-0.39, 0.29) is 72.8 Å². The number of nitrogens with zero attached hydrogens (tertiary/aromatic N) is 1. The van der Waals surface area contributed by atoms with Crippen LogP contribution in [0.2, 0.25) is 0 Å². The quantitative estimate of drug-likeness (QED) is 0.0800. The molecule has 3 aromatic carbocycles. The molecule has 74 heavy (non-hydrogen) atoms. The highest BCUT2D eigenvalue weighted by Crippen LogP contribution is 2.32. The van der Waals surface area contributed by atoms with Gasteiger partial charge >= 0.3 is 0 Å². The summed E-state index contributed by atoms with van der Waals surface area (Å²) in [6.07, 6.45) is 5.12. The minimum absolute atomic E-state index is 0.00792. The predicted molar refractivity (Wildman–Crippen MR) is 282 cm³/mol. The Balaban J connectivity index is 1.15. The highest BCUT2D eigenvalue weighted by atomic mass is 16.2. The Labute approximate surface area is 435 Å².